The minimum Gasteiger partial charge on any atom is -0.480 e. The Morgan fingerprint density at radius 1 is 1.09 bits per heavy atom. The summed E-state index contributed by atoms with van der Waals surface area (Å²) in [5, 5.41) is 3.38. The Hall–Kier alpha value is -1.17. The van der Waals surface area contributed by atoms with E-state index in [2.05, 4.69) is 5.32 Å². The van der Waals surface area contributed by atoms with Gasteiger partial charge in [-0.15, -0.1) is 0 Å². The van der Waals surface area contributed by atoms with E-state index < -0.39 is 12.6 Å². The van der Waals surface area contributed by atoms with E-state index in [1.165, 1.54) is 12.1 Å². The van der Waals surface area contributed by atoms with Crippen LogP contribution in [0.5, 0.6) is 5.75 Å². The molecule has 5 nitrogen and oxygen atoms in total. The van der Waals surface area contributed by atoms with Crippen molar-refractivity contribution in [1.29, 1.82) is 0 Å². The Balaban J connectivity index is 2.37. The zero-order valence-electron chi connectivity index (χ0n) is 12.1. The number of amides is 1. The standard InChI is InChI=1S/C14H16Cl3NO4/c1-8(2)5-18-13(19)6-22-14(20)7-21-12-4-10(16)9(15)3-11(12)17/h3-4,8H,5-7H2,1-2H3,(H,18,19). The average molecular weight is 369 g/mol. The second-order valence-electron chi connectivity index (χ2n) is 4.84. The maximum atomic E-state index is 11.5. The summed E-state index contributed by atoms with van der Waals surface area (Å²) in [6, 6.07) is 2.81. The van der Waals surface area contributed by atoms with Gasteiger partial charge < -0.3 is 14.8 Å². The number of rotatable bonds is 7. The van der Waals surface area contributed by atoms with Gasteiger partial charge in [0.1, 0.15) is 5.75 Å². The number of carbonyl (C=O) groups is 2. The van der Waals surface area contributed by atoms with Gasteiger partial charge in [0.25, 0.3) is 5.91 Å². The van der Waals surface area contributed by atoms with E-state index in [4.69, 9.17) is 44.3 Å². The highest BCUT2D eigenvalue weighted by Gasteiger charge is 2.12. The first-order valence-corrected chi connectivity index (χ1v) is 7.62. The van der Waals surface area contributed by atoms with Gasteiger partial charge in [-0.1, -0.05) is 48.7 Å². The summed E-state index contributed by atoms with van der Waals surface area (Å²) in [6.07, 6.45) is 0. The van der Waals surface area contributed by atoms with Crippen LogP contribution >= 0.6 is 34.8 Å². The number of hydrogen-bond acceptors (Lipinski definition) is 4. The Bertz CT molecular complexity index is 549. The fourth-order valence-corrected chi connectivity index (χ4v) is 1.90. The largest absolute Gasteiger partial charge is 0.480 e. The molecule has 0 aliphatic rings. The third-order valence-electron chi connectivity index (χ3n) is 2.39. The summed E-state index contributed by atoms with van der Waals surface area (Å²) in [4.78, 5) is 22.9. The van der Waals surface area contributed by atoms with Gasteiger partial charge in [0.2, 0.25) is 0 Å². The van der Waals surface area contributed by atoms with E-state index in [0.29, 0.717) is 12.5 Å². The van der Waals surface area contributed by atoms with Crippen LogP contribution in [0.2, 0.25) is 15.1 Å². The number of carbonyl (C=O) groups excluding carboxylic acids is 2. The zero-order chi connectivity index (χ0) is 16.7. The van der Waals surface area contributed by atoms with Crippen LogP contribution in [0.1, 0.15) is 13.8 Å². The van der Waals surface area contributed by atoms with E-state index in [-0.39, 0.29) is 33.3 Å². The van der Waals surface area contributed by atoms with Gasteiger partial charge >= 0.3 is 5.97 Å². The highest BCUT2D eigenvalue weighted by molar-refractivity contribution is 6.43. The highest BCUT2D eigenvalue weighted by Crippen LogP contribution is 2.33. The van der Waals surface area contributed by atoms with Gasteiger partial charge in [0, 0.05) is 12.6 Å². The molecule has 0 atom stereocenters. The molecule has 0 saturated heterocycles. The van der Waals surface area contributed by atoms with Crippen LogP contribution in [0.25, 0.3) is 0 Å². The van der Waals surface area contributed by atoms with Crippen molar-refractivity contribution in [1.82, 2.24) is 5.32 Å². The smallest absolute Gasteiger partial charge is 0.344 e. The van der Waals surface area contributed by atoms with Crippen molar-refractivity contribution in [2.75, 3.05) is 19.8 Å². The molecular weight excluding hydrogens is 353 g/mol. The topological polar surface area (TPSA) is 64.6 Å². The first-order chi connectivity index (χ1) is 10.3. The minimum absolute atomic E-state index is 0.206. The molecule has 1 rings (SSSR count). The van der Waals surface area contributed by atoms with E-state index in [1.807, 2.05) is 13.8 Å². The molecule has 0 fully saturated rings. The molecule has 22 heavy (non-hydrogen) atoms. The molecule has 0 heterocycles. The number of hydrogen-bond donors (Lipinski definition) is 1. The number of nitrogens with one attached hydrogen (secondary N) is 1. The molecule has 0 spiro atoms. The van der Waals surface area contributed by atoms with Crippen LogP contribution in [0.15, 0.2) is 12.1 Å². The molecular formula is C14H16Cl3NO4. The van der Waals surface area contributed by atoms with Crippen LogP contribution in [-0.2, 0) is 14.3 Å². The second-order valence-corrected chi connectivity index (χ2v) is 6.07. The Morgan fingerprint density at radius 3 is 2.36 bits per heavy atom. The molecule has 1 N–H and O–H groups in total. The molecule has 8 heteroatoms. The summed E-state index contributed by atoms with van der Waals surface area (Å²) in [5.41, 5.74) is 0. The quantitative estimate of drug-likeness (QED) is 0.592. The van der Waals surface area contributed by atoms with Crippen LogP contribution in [-0.4, -0.2) is 31.6 Å². The zero-order valence-corrected chi connectivity index (χ0v) is 14.4. The lowest BCUT2D eigenvalue weighted by Gasteiger charge is -2.10. The Kier molecular flexibility index (Phi) is 7.79. The van der Waals surface area contributed by atoms with Gasteiger partial charge in [0.15, 0.2) is 13.2 Å². The van der Waals surface area contributed by atoms with Crippen LogP contribution in [0.3, 0.4) is 0 Å². The fourth-order valence-electron chi connectivity index (χ4n) is 1.31. The Morgan fingerprint density at radius 2 is 1.73 bits per heavy atom. The SMILES string of the molecule is CC(C)CNC(=O)COC(=O)COc1cc(Cl)c(Cl)cc1Cl. The lowest BCUT2D eigenvalue weighted by atomic mass is 10.2. The molecule has 0 aromatic heterocycles. The van der Waals surface area contributed by atoms with Gasteiger partial charge in [-0.3, -0.25) is 4.79 Å². The van der Waals surface area contributed by atoms with Crippen LogP contribution in [0, 0.1) is 5.92 Å². The van der Waals surface area contributed by atoms with Gasteiger partial charge in [-0.25, -0.2) is 4.79 Å². The van der Waals surface area contributed by atoms with E-state index in [1.54, 1.807) is 0 Å². The van der Waals surface area contributed by atoms with Crippen molar-refractivity contribution in [2.45, 2.75) is 13.8 Å². The number of esters is 1. The summed E-state index contributed by atoms with van der Waals surface area (Å²) < 4.78 is 9.96. The van der Waals surface area contributed by atoms with Gasteiger partial charge in [-0.05, 0) is 12.0 Å². The van der Waals surface area contributed by atoms with E-state index in [9.17, 15) is 9.59 Å². The molecule has 0 aliphatic heterocycles. The summed E-state index contributed by atoms with van der Waals surface area (Å²) in [6.45, 7) is 3.69. The van der Waals surface area contributed by atoms with Crippen molar-refractivity contribution < 1.29 is 19.1 Å². The second kappa shape index (κ2) is 9.08. The number of halogens is 3. The predicted octanol–water partition coefficient (Wildman–Crippen LogP) is 3.34. The molecule has 1 aromatic rings. The lowest BCUT2D eigenvalue weighted by molar-refractivity contribution is -0.150. The maximum Gasteiger partial charge on any atom is 0.344 e. The summed E-state index contributed by atoms with van der Waals surface area (Å²) >= 11 is 17.5. The molecule has 0 bridgehead atoms. The minimum atomic E-state index is -0.693. The summed E-state index contributed by atoms with van der Waals surface area (Å²) in [5.74, 6) is -0.534. The predicted molar refractivity (Wildman–Crippen MR) is 85.8 cm³/mol. The third-order valence-corrected chi connectivity index (χ3v) is 3.41. The molecule has 0 unspecified atom stereocenters. The van der Waals surface area contributed by atoms with Crippen LogP contribution < -0.4 is 10.1 Å². The molecule has 0 aliphatic carbocycles. The average Bonchev–Trinajstić information content (AvgIpc) is 2.45. The van der Waals surface area contributed by atoms with Crippen molar-refractivity contribution in [3.63, 3.8) is 0 Å². The summed E-state index contributed by atoms with van der Waals surface area (Å²) in [7, 11) is 0. The first kappa shape index (κ1) is 18.9. The van der Waals surface area contributed by atoms with Crippen LogP contribution in [0.4, 0.5) is 0 Å². The van der Waals surface area contributed by atoms with Gasteiger partial charge in [-0.2, -0.15) is 0 Å². The Labute approximate surface area is 143 Å². The van der Waals surface area contributed by atoms with Gasteiger partial charge in [0.05, 0.1) is 15.1 Å². The molecule has 1 aromatic carbocycles. The van der Waals surface area contributed by atoms with Crippen molar-refractivity contribution in [2.24, 2.45) is 5.92 Å². The molecule has 1 amide bonds. The number of ether oxygens (including phenoxy) is 2. The number of benzene rings is 1. The van der Waals surface area contributed by atoms with Crippen molar-refractivity contribution in [3.05, 3.63) is 27.2 Å². The van der Waals surface area contributed by atoms with Crippen molar-refractivity contribution in [3.8, 4) is 5.75 Å². The van der Waals surface area contributed by atoms with E-state index >= 15 is 0 Å². The normalized spacial score (nSPS) is 10.5. The monoisotopic (exact) mass is 367 g/mol. The first-order valence-electron chi connectivity index (χ1n) is 6.49. The maximum absolute atomic E-state index is 11.5. The molecule has 0 radical (unpaired) electrons. The van der Waals surface area contributed by atoms with Crippen molar-refractivity contribution >= 4 is 46.7 Å². The van der Waals surface area contributed by atoms with E-state index in [0.717, 1.165) is 0 Å². The third kappa shape index (κ3) is 6.73. The lowest BCUT2D eigenvalue weighted by Crippen LogP contribution is -2.32. The highest BCUT2D eigenvalue weighted by atomic mass is 35.5. The fraction of sp³-hybridized carbons (Fsp3) is 0.429. The molecule has 0 saturated carbocycles. The molecule has 122 valence electrons.